The number of rotatable bonds is 4. The van der Waals surface area contributed by atoms with E-state index >= 15 is 0 Å². The predicted octanol–water partition coefficient (Wildman–Crippen LogP) is 4.10. The molecule has 0 bridgehead atoms. The molecule has 1 amide bonds. The van der Waals surface area contributed by atoms with Crippen LogP contribution in [0.5, 0.6) is 5.75 Å². The smallest absolute Gasteiger partial charge is 0.410 e. The first kappa shape index (κ1) is 19.8. The van der Waals surface area contributed by atoms with Crippen LogP contribution in [0.2, 0.25) is 0 Å². The van der Waals surface area contributed by atoms with Crippen molar-refractivity contribution < 1.29 is 27.2 Å². The van der Waals surface area contributed by atoms with Crippen LogP contribution in [0.1, 0.15) is 40.2 Å². The van der Waals surface area contributed by atoms with Crippen LogP contribution in [-0.4, -0.2) is 34.1 Å². The first-order valence-corrected chi connectivity index (χ1v) is 9.05. The number of hydrogen-bond acceptors (Lipinski definition) is 6. The number of ether oxygens (including phenoxy) is 1. The van der Waals surface area contributed by atoms with Crippen molar-refractivity contribution in [1.82, 2.24) is 14.9 Å². The molecule has 3 aromatic rings. The van der Waals surface area contributed by atoms with Crippen molar-refractivity contribution in [1.29, 1.82) is 0 Å². The summed E-state index contributed by atoms with van der Waals surface area (Å²) < 4.78 is 52.2. The standard InChI is InChI=1S/C19H18F3N5O3/c1-10-6-16(26-30-10)25-18(28)13-9-23-27-15(19(20,21)22)8-14(24-17(13)27)11-4-3-5-12(7-11)29-2/h3-7,9,14-15,24H,8H2,1-2H3,(H,25,26,28)/t14-,15-/m1/s1. The zero-order valence-electron chi connectivity index (χ0n) is 16.0. The van der Waals surface area contributed by atoms with E-state index < -0.39 is 24.2 Å². The minimum Gasteiger partial charge on any atom is -0.497 e. The Labute approximate surface area is 169 Å². The van der Waals surface area contributed by atoms with E-state index in [0.717, 1.165) is 10.9 Å². The van der Waals surface area contributed by atoms with Gasteiger partial charge in [0.05, 0.1) is 19.3 Å². The van der Waals surface area contributed by atoms with Gasteiger partial charge in [0.1, 0.15) is 22.9 Å². The average molecular weight is 421 g/mol. The highest BCUT2D eigenvalue weighted by molar-refractivity contribution is 6.07. The molecular weight excluding hydrogens is 403 g/mol. The van der Waals surface area contributed by atoms with E-state index in [4.69, 9.17) is 9.26 Å². The molecule has 2 atom stereocenters. The Morgan fingerprint density at radius 3 is 2.83 bits per heavy atom. The lowest BCUT2D eigenvalue weighted by molar-refractivity contribution is -0.173. The number of nitrogens with zero attached hydrogens (tertiary/aromatic N) is 3. The Bertz CT molecular complexity index is 1080. The first-order valence-electron chi connectivity index (χ1n) is 9.05. The summed E-state index contributed by atoms with van der Waals surface area (Å²) >= 11 is 0. The molecule has 8 nitrogen and oxygen atoms in total. The van der Waals surface area contributed by atoms with Crippen molar-refractivity contribution in [2.45, 2.75) is 31.6 Å². The first-order chi connectivity index (χ1) is 14.3. The van der Waals surface area contributed by atoms with E-state index in [-0.39, 0.29) is 23.6 Å². The summed E-state index contributed by atoms with van der Waals surface area (Å²) in [6, 6.07) is 5.69. The largest absolute Gasteiger partial charge is 0.497 e. The molecule has 0 fully saturated rings. The number of anilines is 2. The van der Waals surface area contributed by atoms with Crippen molar-refractivity contribution in [3.05, 3.63) is 53.4 Å². The average Bonchev–Trinajstić information content (AvgIpc) is 3.32. The van der Waals surface area contributed by atoms with Crippen LogP contribution in [0.25, 0.3) is 0 Å². The second-order valence-corrected chi connectivity index (χ2v) is 6.89. The molecular formula is C19H18F3N5O3. The quantitative estimate of drug-likeness (QED) is 0.659. The summed E-state index contributed by atoms with van der Waals surface area (Å²) in [6.07, 6.45) is -3.72. The van der Waals surface area contributed by atoms with Crippen LogP contribution < -0.4 is 15.4 Å². The molecule has 1 aromatic carbocycles. The highest BCUT2D eigenvalue weighted by atomic mass is 19.4. The van der Waals surface area contributed by atoms with Gasteiger partial charge in [-0.05, 0) is 24.6 Å². The SMILES string of the molecule is COc1cccc([C@H]2C[C@H](C(F)(F)F)n3ncc(C(=O)Nc4cc(C)on4)c3N2)c1. The molecule has 0 unspecified atom stereocenters. The topological polar surface area (TPSA) is 94.2 Å². The van der Waals surface area contributed by atoms with Crippen molar-refractivity contribution >= 4 is 17.5 Å². The van der Waals surface area contributed by atoms with Crippen molar-refractivity contribution in [3.63, 3.8) is 0 Å². The lowest BCUT2D eigenvalue weighted by Gasteiger charge is -2.34. The fraction of sp³-hybridized carbons (Fsp3) is 0.316. The third-order valence-corrected chi connectivity index (χ3v) is 4.85. The van der Waals surface area contributed by atoms with Gasteiger partial charge in [0.15, 0.2) is 11.9 Å². The molecule has 0 aliphatic carbocycles. The Hall–Kier alpha value is -3.50. The number of carbonyl (C=O) groups is 1. The van der Waals surface area contributed by atoms with Crippen molar-refractivity contribution in [3.8, 4) is 5.75 Å². The second kappa shape index (κ2) is 7.39. The normalized spacial score (nSPS) is 18.4. The minimum atomic E-state index is -4.54. The fourth-order valence-corrected chi connectivity index (χ4v) is 3.41. The highest BCUT2D eigenvalue weighted by Crippen LogP contribution is 2.44. The molecule has 0 radical (unpaired) electrons. The summed E-state index contributed by atoms with van der Waals surface area (Å²) in [4.78, 5) is 12.7. The minimum absolute atomic E-state index is 0.0193. The van der Waals surface area contributed by atoms with Crippen LogP contribution in [-0.2, 0) is 0 Å². The second-order valence-electron chi connectivity index (χ2n) is 6.89. The van der Waals surface area contributed by atoms with Gasteiger partial charge < -0.3 is 19.9 Å². The van der Waals surface area contributed by atoms with E-state index in [1.165, 1.54) is 13.2 Å². The van der Waals surface area contributed by atoms with E-state index in [1.807, 2.05) is 0 Å². The van der Waals surface area contributed by atoms with Gasteiger partial charge in [0.2, 0.25) is 0 Å². The van der Waals surface area contributed by atoms with Gasteiger partial charge in [-0.25, -0.2) is 4.68 Å². The van der Waals surface area contributed by atoms with Crippen LogP contribution >= 0.6 is 0 Å². The number of halogens is 3. The molecule has 2 aromatic heterocycles. The zero-order valence-corrected chi connectivity index (χ0v) is 16.0. The summed E-state index contributed by atoms with van der Waals surface area (Å²) in [5.41, 5.74) is 0.576. The molecule has 2 N–H and O–H groups in total. The molecule has 30 heavy (non-hydrogen) atoms. The molecule has 1 aliphatic heterocycles. The third kappa shape index (κ3) is 3.70. The molecule has 3 heterocycles. The lowest BCUT2D eigenvalue weighted by Crippen LogP contribution is -2.36. The number of benzene rings is 1. The number of nitrogens with one attached hydrogen (secondary N) is 2. The Morgan fingerprint density at radius 1 is 1.37 bits per heavy atom. The van der Waals surface area contributed by atoms with Gasteiger partial charge in [0, 0.05) is 12.5 Å². The van der Waals surface area contributed by atoms with Crippen LogP contribution in [0.15, 0.2) is 41.1 Å². The Morgan fingerprint density at radius 2 is 2.17 bits per heavy atom. The highest BCUT2D eigenvalue weighted by Gasteiger charge is 2.47. The molecule has 158 valence electrons. The van der Waals surface area contributed by atoms with Crippen LogP contribution in [0.3, 0.4) is 0 Å². The van der Waals surface area contributed by atoms with Crippen LogP contribution in [0.4, 0.5) is 24.8 Å². The van der Waals surface area contributed by atoms with Gasteiger partial charge in [-0.3, -0.25) is 4.79 Å². The number of fused-ring (bicyclic) bond motifs is 1. The Balaban J connectivity index is 1.70. The van der Waals surface area contributed by atoms with Gasteiger partial charge in [0.25, 0.3) is 5.91 Å². The number of alkyl halides is 3. The monoisotopic (exact) mass is 421 g/mol. The molecule has 0 saturated carbocycles. The van der Waals surface area contributed by atoms with E-state index in [1.54, 1.807) is 31.2 Å². The summed E-state index contributed by atoms with van der Waals surface area (Å²) in [6.45, 7) is 1.65. The summed E-state index contributed by atoms with van der Waals surface area (Å²) in [7, 11) is 1.48. The van der Waals surface area contributed by atoms with E-state index in [9.17, 15) is 18.0 Å². The maximum absolute atomic E-state index is 13.8. The zero-order chi connectivity index (χ0) is 21.5. The molecule has 1 aliphatic rings. The summed E-state index contributed by atoms with van der Waals surface area (Å²) in [5, 5.41) is 13.0. The van der Waals surface area contributed by atoms with Gasteiger partial charge in [-0.15, -0.1) is 0 Å². The number of amides is 1. The number of aryl methyl sites for hydroxylation is 1. The van der Waals surface area contributed by atoms with Gasteiger partial charge in [-0.2, -0.15) is 18.3 Å². The lowest BCUT2D eigenvalue weighted by atomic mass is 9.96. The fourth-order valence-electron chi connectivity index (χ4n) is 3.41. The van der Waals surface area contributed by atoms with Gasteiger partial charge >= 0.3 is 6.18 Å². The number of carbonyl (C=O) groups excluding carboxylic acids is 1. The number of hydrogen-bond donors (Lipinski definition) is 2. The molecule has 4 rings (SSSR count). The maximum Gasteiger partial charge on any atom is 0.410 e. The Kier molecular flexibility index (Phi) is 4.88. The molecule has 0 saturated heterocycles. The van der Waals surface area contributed by atoms with E-state index in [2.05, 4.69) is 20.9 Å². The van der Waals surface area contributed by atoms with E-state index in [0.29, 0.717) is 17.1 Å². The maximum atomic E-state index is 13.8. The van der Waals surface area contributed by atoms with Crippen molar-refractivity contribution in [2.24, 2.45) is 0 Å². The molecule has 11 heteroatoms. The number of methoxy groups -OCH3 is 1. The van der Waals surface area contributed by atoms with Crippen molar-refractivity contribution in [2.75, 3.05) is 17.7 Å². The third-order valence-electron chi connectivity index (χ3n) is 4.85. The summed E-state index contributed by atoms with van der Waals surface area (Å²) in [5.74, 6) is 0.496. The van der Waals surface area contributed by atoms with Crippen LogP contribution in [0, 0.1) is 6.92 Å². The predicted molar refractivity (Wildman–Crippen MR) is 100 cm³/mol. The van der Waals surface area contributed by atoms with Gasteiger partial charge in [-0.1, -0.05) is 17.3 Å². The molecule has 0 spiro atoms. The number of aromatic nitrogens is 3.